The molecule has 3 aromatic carbocycles. The van der Waals surface area contributed by atoms with Gasteiger partial charge in [0, 0.05) is 18.5 Å². The molecule has 0 saturated carbocycles. The Labute approximate surface area is 201 Å². The number of carbonyl (C=O) groups is 2. The maximum atomic E-state index is 13.4. The SMILES string of the molecule is CCCCNC(=O)C(CC)N(Cc1cccc(OC)c1)C(=O)COc1cccc2ccccc12. The molecule has 3 rings (SSSR count). The van der Waals surface area contributed by atoms with Crippen molar-refractivity contribution in [1.29, 1.82) is 0 Å². The number of rotatable bonds is 12. The number of hydrogen-bond donors (Lipinski definition) is 1. The first-order chi connectivity index (χ1) is 16.6. The topological polar surface area (TPSA) is 67.9 Å². The third kappa shape index (κ3) is 6.50. The standard InChI is InChI=1S/C28H34N2O4/c1-4-6-17-29-28(32)25(5-2)30(19-21-11-9-14-23(18-21)33-3)27(31)20-34-26-16-10-13-22-12-7-8-15-24(22)26/h7-16,18,25H,4-6,17,19-20H2,1-3H3,(H,29,32). The summed E-state index contributed by atoms with van der Waals surface area (Å²) in [7, 11) is 1.61. The molecule has 0 spiro atoms. The van der Waals surface area contributed by atoms with Crippen LogP contribution in [0, 0.1) is 0 Å². The molecule has 2 amide bonds. The number of nitrogens with one attached hydrogen (secondary N) is 1. The van der Waals surface area contributed by atoms with Crippen LogP contribution in [0.25, 0.3) is 10.8 Å². The number of ether oxygens (including phenoxy) is 2. The average molecular weight is 463 g/mol. The van der Waals surface area contributed by atoms with Gasteiger partial charge in [0.15, 0.2) is 6.61 Å². The first-order valence-corrected chi connectivity index (χ1v) is 11.9. The quantitative estimate of drug-likeness (QED) is 0.387. The van der Waals surface area contributed by atoms with Crippen LogP contribution in [0.3, 0.4) is 0 Å². The molecule has 180 valence electrons. The normalized spacial score (nSPS) is 11.6. The number of hydrogen-bond acceptors (Lipinski definition) is 4. The molecular formula is C28H34N2O4. The predicted octanol–water partition coefficient (Wildman–Crippen LogP) is 4.95. The predicted molar refractivity (Wildman–Crippen MR) is 135 cm³/mol. The van der Waals surface area contributed by atoms with E-state index in [1.165, 1.54) is 0 Å². The van der Waals surface area contributed by atoms with Gasteiger partial charge in [-0.25, -0.2) is 0 Å². The zero-order valence-electron chi connectivity index (χ0n) is 20.3. The Morgan fingerprint density at radius 1 is 1.00 bits per heavy atom. The van der Waals surface area contributed by atoms with Gasteiger partial charge in [-0.2, -0.15) is 0 Å². The summed E-state index contributed by atoms with van der Waals surface area (Å²) in [5, 5.41) is 4.97. The molecule has 6 heteroatoms. The van der Waals surface area contributed by atoms with Crippen LogP contribution in [0.5, 0.6) is 11.5 Å². The summed E-state index contributed by atoms with van der Waals surface area (Å²) in [5.41, 5.74) is 0.887. The molecule has 0 aliphatic heterocycles. The van der Waals surface area contributed by atoms with E-state index in [0.29, 0.717) is 24.5 Å². The van der Waals surface area contributed by atoms with Crippen molar-refractivity contribution >= 4 is 22.6 Å². The van der Waals surface area contributed by atoms with Crippen LogP contribution in [0.15, 0.2) is 66.7 Å². The van der Waals surface area contributed by atoms with E-state index in [4.69, 9.17) is 9.47 Å². The zero-order chi connectivity index (χ0) is 24.3. The van der Waals surface area contributed by atoms with Gasteiger partial charge in [0.05, 0.1) is 7.11 Å². The highest BCUT2D eigenvalue weighted by molar-refractivity contribution is 5.90. The summed E-state index contributed by atoms with van der Waals surface area (Å²) in [5.74, 6) is 0.969. The third-order valence-corrected chi connectivity index (χ3v) is 5.80. The van der Waals surface area contributed by atoms with Gasteiger partial charge in [0.2, 0.25) is 5.91 Å². The monoisotopic (exact) mass is 462 g/mol. The first kappa shape index (κ1) is 25.1. The molecule has 6 nitrogen and oxygen atoms in total. The average Bonchev–Trinajstić information content (AvgIpc) is 2.87. The lowest BCUT2D eigenvalue weighted by Gasteiger charge is -2.30. The maximum absolute atomic E-state index is 13.4. The Bertz CT molecular complexity index is 1090. The van der Waals surface area contributed by atoms with Crippen molar-refractivity contribution in [2.45, 2.75) is 45.7 Å². The number of methoxy groups -OCH3 is 1. The Hall–Kier alpha value is -3.54. The Morgan fingerprint density at radius 3 is 2.53 bits per heavy atom. The third-order valence-electron chi connectivity index (χ3n) is 5.80. The summed E-state index contributed by atoms with van der Waals surface area (Å²) in [6.45, 7) is 4.72. The lowest BCUT2D eigenvalue weighted by atomic mass is 10.1. The van der Waals surface area contributed by atoms with Crippen molar-refractivity contribution in [1.82, 2.24) is 10.2 Å². The highest BCUT2D eigenvalue weighted by Gasteiger charge is 2.29. The van der Waals surface area contributed by atoms with Gasteiger partial charge >= 0.3 is 0 Å². The minimum absolute atomic E-state index is 0.141. The van der Waals surface area contributed by atoms with E-state index in [1.807, 2.05) is 73.7 Å². The molecule has 3 aromatic rings. The van der Waals surface area contributed by atoms with E-state index in [2.05, 4.69) is 12.2 Å². The first-order valence-electron chi connectivity index (χ1n) is 11.9. The van der Waals surface area contributed by atoms with Gasteiger partial charge in [-0.05, 0) is 42.0 Å². The molecule has 0 aliphatic rings. The van der Waals surface area contributed by atoms with E-state index in [-0.39, 0.29) is 25.0 Å². The summed E-state index contributed by atoms with van der Waals surface area (Å²) in [6, 6.07) is 20.6. The molecule has 1 unspecified atom stereocenters. The number of fused-ring (bicyclic) bond motifs is 1. The van der Waals surface area contributed by atoms with Crippen LogP contribution in [-0.4, -0.2) is 43.0 Å². The summed E-state index contributed by atoms with van der Waals surface area (Å²) < 4.78 is 11.3. The van der Waals surface area contributed by atoms with Gasteiger partial charge in [0.25, 0.3) is 5.91 Å². The second kappa shape index (κ2) is 12.6. The molecule has 0 bridgehead atoms. The van der Waals surface area contributed by atoms with Crippen molar-refractivity contribution in [2.75, 3.05) is 20.3 Å². The molecule has 1 atom stereocenters. The molecule has 0 radical (unpaired) electrons. The van der Waals surface area contributed by atoms with Crippen LogP contribution in [0.2, 0.25) is 0 Å². The fraction of sp³-hybridized carbons (Fsp3) is 0.357. The van der Waals surface area contributed by atoms with E-state index in [1.54, 1.807) is 12.0 Å². The minimum atomic E-state index is -0.591. The van der Waals surface area contributed by atoms with Gasteiger partial charge in [0.1, 0.15) is 17.5 Å². The Kier molecular flexibility index (Phi) is 9.32. The second-order valence-corrected chi connectivity index (χ2v) is 8.21. The summed E-state index contributed by atoms with van der Waals surface area (Å²) in [6.07, 6.45) is 2.39. The number of amides is 2. The lowest BCUT2D eigenvalue weighted by molar-refractivity contribution is -0.142. The number of nitrogens with zero attached hydrogens (tertiary/aromatic N) is 1. The molecule has 0 saturated heterocycles. The van der Waals surface area contributed by atoms with E-state index < -0.39 is 6.04 Å². The fourth-order valence-electron chi connectivity index (χ4n) is 3.94. The lowest BCUT2D eigenvalue weighted by Crippen LogP contribution is -2.50. The van der Waals surface area contributed by atoms with E-state index in [0.717, 1.165) is 29.2 Å². The largest absolute Gasteiger partial charge is 0.497 e. The Balaban J connectivity index is 1.81. The number of carbonyl (C=O) groups excluding carboxylic acids is 2. The molecular weight excluding hydrogens is 428 g/mol. The molecule has 1 N–H and O–H groups in total. The van der Waals surface area contributed by atoms with Gasteiger partial charge in [-0.15, -0.1) is 0 Å². The van der Waals surface area contributed by atoms with Crippen LogP contribution < -0.4 is 14.8 Å². The smallest absolute Gasteiger partial charge is 0.261 e. The molecule has 0 fully saturated rings. The van der Waals surface area contributed by atoms with Gasteiger partial charge < -0.3 is 19.7 Å². The maximum Gasteiger partial charge on any atom is 0.261 e. The number of unbranched alkanes of at least 4 members (excludes halogenated alkanes) is 1. The van der Waals surface area contributed by atoms with Crippen LogP contribution in [0.1, 0.15) is 38.7 Å². The fourth-order valence-corrected chi connectivity index (χ4v) is 3.94. The highest BCUT2D eigenvalue weighted by atomic mass is 16.5. The Morgan fingerprint density at radius 2 is 1.76 bits per heavy atom. The van der Waals surface area contributed by atoms with Crippen molar-refractivity contribution in [3.8, 4) is 11.5 Å². The van der Waals surface area contributed by atoms with E-state index >= 15 is 0 Å². The second-order valence-electron chi connectivity index (χ2n) is 8.21. The highest BCUT2D eigenvalue weighted by Crippen LogP contribution is 2.25. The van der Waals surface area contributed by atoms with Gasteiger partial charge in [-0.1, -0.05) is 68.8 Å². The van der Waals surface area contributed by atoms with Crippen LogP contribution in [0.4, 0.5) is 0 Å². The van der Waals surface area contributed by atoms with E-state index in [9.17, 15) is 9.59 Å². The minimum Gasteiger partial charge on any atom is -0.497 e. The van der Waals surface area contributed by atoms with Crippen molar-refractivity contribution in [2.24, 2.45) is 0 Å². The molecule has 0 aliphatic carbocycles. The van der Waals surface area contributed by atoms with Gasteiger partial charge in [-0.3, -0.25) is 9.59 Å². The van der Waals surface area contributed by atoms with Crippen molar-refractivity contribution < 1.29 is 19.1 Å². The summed E-state index contributed by atoms with van der Waals surface area (Å²) in [4.78, 5) is 28.0. The molecule has 34 heavy (non-hydrogen) atoms. The molecule has 0 heterocycles. The van der Waals surface area contributed by atoms with Crippen LogP contribution >= 0.6 is 0 Å². The number of benzene rings is 3. The van der Waals surface area contributed by atoms with Crippen LogP contribution in [-0.2, 0) is 16.1 Å². The zero-order valence-corrected chi connectivity index (χ0v) is 20.3. The van der Waals surface area contributed by atoms with Crippen molar-refractivity contribution in [3.05, 3.63) is 72.3 Å². The van der Waals surface area contributed by atoms with Crippen molar-refractivity contribution in [3.63, 3.8) is 0 Å². The summed E-state index contributed by atoms with van der Waals surface area (Å²) >= 11 is 0. The molecule has 0 aromatic heterocycles.